The Hall–Kier alpha value is -1.65. The number of fused-ring (bicyclic) bond motifs is 1. The number of rotatable bonds is 8. The first-order valence-electron chi connectivity index (χ1n) is 9.56. The summed E-state index contributed by atoms with van der Waals surface area (Å²) in [6, 6.07) is 1.61. The van der Waals surface area contributed by atoms with E-state index in [9.17, 15) is 18.0 Å². The summed E-state index contributed by atoms with van der Waals surface area (Å²) in [6.45, 7) is 8.37. The van der Waals surface area contributed by atoms with E-state index in [1.54, 1.807) is 11.0 Å². The number of hydrogen-bond acceptors (Lipinski definition) is 7. The summed E-state index contributed by atoms with van der Waals surface area (Å²) in [5, 5.41) is 1.08. The lowest BCUT2D eigenvalue weighted by Crippen LogP contribution is -2.42. The molecular formula is C19H25N3O4S3. The Morgan fingerprint density at radius 3 is 2.83 bits per heavy atom. The zero-order chi connectivity index (χ0) is 21.2. The molecule has 1 atom stereocenters. The van der Waals surface area contributed by atoms with Crippen LogP contribution in [0, 0.1) is 0 Å². The molecule has 3 heterocycles. The number of nitrogens with zero attached hydrogens (tertiary/aromatic N) is 3. The fourth-order valence-corrected chi connectivity index (χ4v) is 7.12. The second-order valence-electron chi connectivity index (χ2n) is 6.91. The third kappa shape index (κ3) is 4.75. The van der Waals surface area contributed by atoms with Crippen molar-refractivity contribution in [3.05, 3.63) is 34.0 Å². The molecule has 1 fully saturated rings. The summed E-state index contributed by atoms with van der Waals surface area (Å²) < 4.78 is 25.1. The van der Waals surface area contributed by atoms with Crippen molar-refractivity contribution in [1.29, 1.82) is 0 Å². The van der Waals surface area contributed by atoms with Gasteiger partial charge in [-0.3, -0.25) is 14.2 Å². The molecular weight excluding hydrogens is 430 g/mol. The van der Waals surface area contributed by atoms with E-state index < -0.39 is 9.84 Å². The Balaban J connectivity index is 1.83. The highest BCUT2D eigenvalue weighted by Gasteiger charge is 2.33. The largest absolute Gasteiger partial charge is 0.338 e. The van der Waals surface area contributed by atoms with Crippen LogP contribution in [-0.4, -0.2) is 58.6 Å². The number of amides is 1. The van der Waals surface area contributed by atoms with Gasteiger partial charge in [0.1, 0.15) is 4.83 Å². The van der Waals surface area contributed by atoms with Crippen molar-refractivity contribution in [3.63, 3.8) is 0 Å². The molecule has 0 N–H and O–H groups in total. The number of thioether (sulfide) groups is 1. The van der Waals surface area contributed by atoms with Crippen molar-refractivity contribution in [2.24, 2.45) is 0 Å². The van der Waals surface area contributed by atoms with Crippen LogP contribution in [0.3, 0.4) is 0 Å². The van der Waals surface area contributed by atoms with Crippen molar-refractivity contribution >= 4 is 49.1 Å². The molecule has 10 heteroatoms. The van der Waals surface area contributed by atoms with Crippen molar-refractivity contribution in [2.45, 2.75) is 44.4 Å². The molecule has 0 saturated carbocycles. The predicted octanol–water partition coefficient (Wildman–Crippen LogP) is 2.33. The topological polar surface area (TPSA) is 89.3 Å². The van der Waals surface area contributed by atoms with Gasteiger partial charge in [0.25, 0.3) is 5.56 Å². The van der Waals surface area contributed by atoms with Crippen LogP contribution in [0.15, 0.2) is 28.7 Å². The van der Waals surface area contributed by atoms with E-state index in [0.29, 0.717) is 34.9 Å². The Labute approximate surface area is 178 Å². The van der Waals surface area contributed by atoms with E-state index in [0.717, 1.165) is 11.3 Å². The van der Waals surface area contributed by atoms with Gasteiger partial charge in [-0.25, -0.2) is 13.4 Å². The van der Waals surface area contributed by atoms with Gasteiger partial charge in [-0.1, -0.05) is 24.8 Å². The zero-order valence-corrected chi connectivity index (χ0v) is 19.0. The molecule has 0 aliphatic carbocycles. The number of carbonyl (C=O) groups excluding carboxylic acids is 1. The van der Waals surface area contributed by atoms with Crippen molar-refractivity contribution < 1.29 is 13.2 Å². The van der Waals surface area contributed by atoms with Gasteiger partial charge in [0.05, 0.1) is 22.6 Å². The average molecular weight is 456 g/mol. The first-order valence-corrected chi connectivity index (χ1v) is 13.2. The minimum atomic E-state index is -3.06. The second kappa shape index (κ2) is 9.01. The van der Waals surface area contributed by atoms with Crippen LogP contribution in [0.4, 0.5) is 0 Å². The molecule has 7 nitrogen and oxygen atoms in total. The van der Waals surface area contributed by atoms with Crippen molar-refractivity contribution in [3.8, 4) is 0 Å². The van der Waals surface area contributed by atoms with E-state index in [1.165, 1.54) is 27.7 Å². The van der Waals surface area contributed by atoms with Crippen LogP contribution in [0.5, 0.6) is 0 Å². The number of aryl methyl sites for hydroxylation is 1. The second-order valence-corrected chi connectivity index (χ2v) is 11.2. The minimum absolute atomic E-state index is 0.0254. The Bertz CT molecular complexity index is 1090. The van der Waals surface area contributed by atoms with Gasteiger partial charge < -0.3 is 4.90 Å². The Morgan fingerprint density at radius 1 is 1.48 bits per heavy atom. The van der Waals surface area contributed by atoms with E-state index >= 15 is 0 Å². The van der Waals surface area contributed by atoms with E-state index in [1.807, 2.05) is 19.9 Å². The molecule has 0 radical (unpaired) electrons. The molecule has 1 saturated heterocycles. The molecule has 1 unspecified atom stereocenters. The molecule has 0 aromatic carbocycles. The number of aromatic nitrogens is 2. The maximum absolute atomic E-state index is 12.9. The lowest BCUT2D eigenvalue weighted by molar-refractivity contribution is -0.129. The molecule has 1 aliphatic heterocycles. The minimum Gasteiger partial charge on any atom is -0.338 e. The highest BCUT2D eigenvalue weighted by Crippen LogP contribution is 2.26. The summed E-state index contributed by atoms with van der Waals surface area (Å²) in [6.07, 6.45) is 2.95. The monoisotopic (exact) mass is 455 g/mol. The number of allylic oxidation sites excluding steroid dienone is 1. The molecule has 2 aromatic heterocycles. The lowest BCUT2D eigenvalue weighted by atomic mass is 10.2. The summed E-state index contributed by atoms with van der Waals surface area (Å²) >= 11 is 2.71. The van der Waals surface area contributed by atoms with Gasteiger partial charge in [0.2, 0.25) is 5.91 Å². The van der Waals surface area contributed by atoms with Crippen LogP contribution in [0.25, 0.3) is 10.2 Å². The Kier molecular flexibility index (Phi) is 6.85. The molecule has 2 aromatic rings. The smallest absolute Gasteiger partial charge is 0.263 e. The predicted molar refractivity (Wildman–Crippen MR) is 119 cm³/mol. The summed E-state index contributed by atoms with van der Waals surface area (Å²) in [7, 11) is -3.06. The molecule has 29 heavy (non-hydrogen) atoms. The van der Waals surface area contributed by atoms with Gasteiger partial charge in [0.15, 0.2) is 15.0 Å². The maximum Gasteiger partial charge on any atom is 0.263 e. The fraction of sp³-hybridized carbons (Fsp3) is 0.526. The highest BCUT2D eigenvalue weighted by atomic mass is 32.2. The van der Waals surface area contributed by atoms with E-state index in [4.69, 9.17) is 0 Å². The molecule has 1 aliphatic rings. The quantitative estimate of drug-likeness (QED) is 0.345. The normalized spacial score (nSPS) is 18.2. The van der Waals surface area contributed by atoms with Crippen molar-refractivity contribution in [2.75, 3.05) is 23.8 Å². The summed E-state index contributed by atoms with van der Waals surface area (Å²) in [5.41, 5.74) is -0.130. The van der Waals surface area contributed by atoms with Gasteiger partial charge in [-0.2, -0.15) is 0 Å². The summed E-state index contributed by atoms with van der Waals surface area (Å²) in [5.74, 6) is 0.118. The lowest BCUT2D eigenvalue weighted by Gasteiger charge is -2.26. The molecule has 3 rings (SSSR count). The number of carbonyl (C=O) groups is 1. The van der Waals surface area contributed by atoms with E-state index in [2.05, 4.69) is 11.6 Å². The first kappa shape index (κ1) is 22.0. The van der Waals surface area contributed by atoms with Gasteiger partial charge in [-0.05, 0) is 25.8 Å². The van der Waals surface area contributed by atoms with Crippen LogP contribution in [0.2, 0.25) is 0 Å². The molecule has 1 amide bonds. The molecule has 158 valence electrons. The SMILES string of the molecule is C=CCn1c(SCC(=O)N(CC)C2CCS(=O)(=O)C2)nc2sc(CC)cc2c1=O. The first-order chi connectivity index (χ1) is 13.8. The highest BCUT2D eigenvalue weighted by molar-refractivity contribution is 7.99. The number of hydrogen-bond donors (Lipinski definition) is 0. The Morgan fingerprint density at radius 2 is 2.24 bits per heavy atom. The molecule has 0 spiro atoms. The maximum atomic E-state index is 12.9. The van der Waals surface area contributed by atoms with E-state index in [-0.39, 0.29) is 34.8 Å². The fourth-order valence-electron chi connectivity index (χ4n) is 3.49. The van der Waals surface area contributed by atoms with Gasteiger partial charge in [0, 0.05) is 24.0 Å². The third-order valence-corrected chi connectivity index (χ3v) is 8.85. The van der Waals surface area contributed by atoms with Crippen LogP contribution in [-0.2, 0) is 27.6 Å². The summed E-state index contributed by atoms with van der Waals surface area (Å²) in [4.78, 5) is 33.7. The third-order valence-electron chi connectivity index (χ3n) is 4.96. The van der Waals surface area contributed by atoms with Crippen LogP contribution in [0.1, 0.15) is 25.1 Å². The van der Waals surface area contributed by atoms with Crippen LogP contribution < -0.4 is 5.56 Å². The molecule has 0 bridgehead atoms. The van der Waals surface area contributed by atoms with Gasteiger partial charge in [-0.15, -0.1) is 17.9 Å². The van der Waals surface area contributed by atoms with Crippen molar-refractivity contribution in [1.82, 2.24) is 14.5 Å². The average Bonchev–Trinajstić information content (AvgIpc) is 3.26. The van der Waals surface area contributed by atoms with Crippen LogP contribution >= 0.6 is 23.1 Å². The number of thiophene rings is 1. The van der Waals surface area contributed by atoms with Gasteiger partial charge >= 0.3 is 0 Å². The zero-order valence-electron chi connectivity index (χ0n) is 16.6. The number of sulfone groups is 1. The standard InChI is InChI=1S/C19H25N3O4S3/c1-4-8-22-18(24)15-10-14(5-2)28-17(15)20-19(22)27-11-16(23)21(6-3)13-7-9-29(25,26)12-13/h4,10,13H,1,5-9,11-12H2,2-3H3.